The van der Waals surface area contributed by atoms with Gasteiger partial charge >= 0.3 is 5.97 Å². The van der Waals surface area contributed by atoms with Crippen LogP contribution in [-0.4, -0.2) is 54.1 Å². The molecule has 1 heterocycles. The number of hydrogen-bond donors (Lipinski definition) is 2. The van der Waals surface area contributed by atoms with E-state index in [2.05, 4.69) is 10.3 Å². The normalized spacial score (nSPS) is 10.0. The first-order chi connectivity index (χ1) is 8.06. The number of nitrogens with one attached hydrogen (secondary N) is 1. The fourth-order valence-electron chi connectivity index (χ4n) is 1.25. The first-order valence-electron chi connectivity index (χ1n) is 5.16. The van der Waals surface area contributed by atoms with Gasteiger partial charge in [-0.2, -0.15) is 0 Å². The number of pyridine rings is 1. The molecule has 1 rings (SSSR count). The summed E-state index contributed by atoms with van der Waals surface area (Å²) in [5, 5.41) is 11.7. The summed E-state index contributed by atoms with van der Waals surface area (Å²) < 4.78 is 0. The van der Waals surface area contributed by atoms with E-state index in [1.807, 2.05) is 0 Å². The highest BCUT2D eigenvalue weighted by Gasteiger charge is 2.14. The van der Waals surface area contributed by atoms with E-state index in [9.17, 15) is 9.59 Å². The SMILES string of the molecule is CNCCN(C)C(=O)c1cccc(C(=O)O)n1. The van der Waals surface area contributed by atoms with E-state index in [0.29, 0.717) is 13.1 Å². The second-order valence-electron chi connectivity index (χ2n) is 3.54. The number of likely N-dealkylation sites (N-methyl/N-ethyl adjacent to an activating group) is 2. The van der Waals surface area contributed by atoms with Gasteiger partial charge in [0.2, 0.25) is 0 Å². The predicted octanol–water partition coefficient (Wildman–Crippen LogP) is 0.0712. The first-order valence-corrected chi connectivity index (χ1v) is 5.16. The number of carbonyl (C=O) groups is 2. The van der Waals surface area contributed by atoms with Gasteiger partial charge < -0.3 is 15.3 Å². The summed E-state index contributed by atoms with van der Waals surface area (Å²) in [5.41, 5.74) is 0.0152. The van der Waals surface area contributed by atoms with Gasteiger partial charge in [-0.05, 0) is 19.2 Å². The lowest BCUT2D eigenvalue weighted by atomic mass is 10.2. The predicted molar refractivity (Wildman–Crippen MR) is 62.1 cm³/mol. The van der Waals surface area contributed by atoms with Crippen molar-refractivity contribution in [3.63, 3.8) is 0 Å². The van der Waals surface area contributed by atoms with Crippen molar-refractivity contribution < 1.29 is 14.7 Å². The van der Waals surface area contributed by atoms with E-state index in [1.54, 1.807) is 14.1 Å². The number of carbonyl (C=O) groups excluding carboxylic acids is 1. The fourth-order valence-corrected chi connectivity index (χ4v) is 1.25. The summed E-state index contributed by atoms with van der Waals surface area (Å²) in [6, 6.07) is 4.37. The lowest BCUT2D eigenvalue weighted by Gasteiger charge is -2.16. The van der Waals surface area contributed by atoms with Gasteiger partial charge in [0, 0.05) is 20.1 Å². The van der Waals surface area contributed by atoms with Gasteiger partial charge in [0.15, 0.2) is 0 Å². The zero-order chi connectivity index (χ0) is 12.8. The van der Waals surface area contributed by atoms with Crippen molar-refractivity contribution in [2.75, 3.05) is 27.2 Å². The molecule has 0 radical (unpaired) electrons. The molecule has 6 heteroatoms. The number of amides is 1. The average Bonchev–Trinajstić information content (AvgIpc) is 2.35. The minimum atomic E-state index is -1.14. The highest BCUT2D eigenvalue weighted by atomic mass is 16.4. The maximum Gasteiger partial charge on any atom is 0.354 e. The molecule has 1 aromatic rings. The van der Waals surface area contributed by atoms with Crippen molar-refractivity contribution in [1.82, 2.24) is 15.2 Å². The Hall–Kier alpha value is -1.95. The summed E-state index contributed by atoms with van der Waals surface area (Å²) in [4.78, 5) is 27.9. The van der Waals surface area contributed by atoms with Crippen molar-refractivity contribution >= 4 is 11.9 Å². The van der Waals surface area contributed by atoms with Crippen molar-refractivity contribution in [1.29, 1.82) is 0 Å². The molecule has 2 N–H and O–H groups in total. The van der Waals surface area contributed by atoms with E-state index in [1.165, 1.54) is 23.1 Å². The zero-order valence-corrected chi connectivity index (χ0v) is 9.80. The third-order valence-corrected chi connectivity index (χ3v) is 2.23. The van der Waals surface area contributed by atoms with E-state index < -0.39 is 5.97 Å². The molecule has 1 aromatic heterocycles. The van der Waals surface area contributed by atoms with E-state index >= 15 is 0 Å². The Morgan fingerprint density at radius 3 is 2.65 bits per heavy atom. The molecular formula is C11H15N3O3. The third-order valence-electron chi connectivity index (χ3n) is 2.23. The Balaban J connectivity index is 2.81. The molecule has 0 spiro atoms. The Bertz CT molecular complexity index is 420. The van der Waals surface area contributed by atoms with Gasteiger partial charge in [-0.3, -0.25) is 4.79 Å². The quantitative estimate of drug-likeness (QED) is 0.757. The molecule has 17 heavy (non-hydrogen) atoms. The summed E-state index contributed by atoms with van der Waals surface area (Å²) in [6.07, 6.45) is 0. The van der Waals surface area contributed by atoms with Crippen molar-refractivity contribution in [3.05, 3.63) is 29.6 Å². The van der Waals surface area contributed by atoms with Gasteiger partial charge in [-0.25, -0.2) is 9.78 Å². The summed E-state index contributed by atoms with van der Waals surface area (Å²) in [5.74, 6) is -1.43. The van der Waals surface area contributed by atoms with E-state index in [4.69, 9.17) is 5.11 Å². The lowest BCUT2D eigenvalue weighted by molar-refractivity contribution is 0.0690. The van der Waals surface area contributed by atoms with Crippen molar-refractivity contribution in [2.45, 2.75) is 0 Å². The molecular weight excluding hydrogens is 222 g/mol. The van der Waals surface area contributed by atoms with Crippen molar-refractivity contribution in [3.8, 4) is 0 Å². The number of nitrogens with zero attached hydrogens (tertiary/aromatic N) is 2. The number of aromatic nitrogens is 1. The van der Waals surface area contributed by atoms with Gasteiger partial charge in [-0.1, -0.05) is 6.07 Å². The van der Waals surface area contributed by atoms with E-state index in [0.717, 1.165) is 0 Å². The molecule has 0 bridgehead atoms. The molecule has 0 aliphatic heterocycles. The molecule has 0 fully saturated rings. The van der Waals surface area contributed by atoms with Gasteiger partial charge in [0.1, 0.15) is 11.4 Å². The first kappa shape index (κ1) is 13.1. The lowest BCUT2D eigenvalue weighted by Crippen LogP contribution is -2.33. The largest absolute Gasteiger partial charge is 0.477 e. The molecule has 0 aromatic carbocycles. The van der Waals surface area contributed by atoms with Crippen LogP contribution in [-0.2, 0) is 0 Å². The van der Waals surface area contributed by atoms with Gasteiger partial charge in [-0.15, -0.1) is 0 Å². The highest BCUT2D eigenvalue weighted by molar-refractivity contribution is 5.94. The van der Waals surface area contributed by atoms with Crippen LogP contribution in [0.5, 0.6) is 0 Å². The van der Waals surface area contributed by atoms with Crippen LogP contribution in [0.4, 0.5) is 0 Å². The average molecular weight is 237 g/mol. The number of hydrogen-bond acceptors (Lipinski definition) is 4. The number of carboxylic acids is 1. The molecule has 1 amide bonds. The number of aromatic carboxylic acids is 1. The van der Waals surface area contributed by atoms with Crippen LogP contribution in [0.25, 0.3) is 0 Å². The smallest absolute Gasteiger partial charge is 0.354 e. The molecule has 92 valence electrons. The molecule has 6 nitrogen and oxygen atoms in total. The Kier molecular flexibility index (Phi) is 4.59. The van der Waals surface area contributed by atoms with Crippen LogP contribution < -0.4 is 5.32 Å². The molecule has 0 saturated heterocycles. The van der Waals surface area contributed by atoms with Gasteiger partial charge in [0.05, 0.1) is 0 Å². The second kappa shape index (κ2) is 5.95. The summed E-state index contributed by atoms with van der Waals surface area (Å²) in [7, 11) is 3.44. The van der Waals surface area contributed by atoms with Crippen LogP contribution in [0.3, 0.4) is 0 Å². The maximum absolute atomic E-state index is 11.9. The second-order valence-corrected chi connectivity index (χ2v) is 3.54. The minimum Gasteiger partial charge on any atom is -0.477 e. The molecule has 0 saturated carbocycles. The Morgan fingerprint density at radius 2 is 2.06 bits per heavy atom. The maximum atomic E-state index is 11.9. The zero-order valence-electron chi connectivity index (χ0n) is 9.80. The van der Waals surface area contributed by atoms with Crippen LogP contribution >= 0.6 is 0 Å². The Morgan fingerprint density at radius 1 is 1.41 bits per heavy atom. The molecule has 0 atom stereocenters. The highest BCUT2D eigenvalue weighted by Crippen LogP contribution is 2.02. The van der Waals surface area contributed by atoms with E-state index in [-0.39, 0.29) is 17.3 Å². The number of carboxylic acid groups (broad SMARTS) is 1. The Labute approximate surface area is 99.3 Å². The van der Waals surface area contributed by atoms with Crippen LogP contribution in [0.1, 0.15) is 21.0 Å². The standard InChI is InChI=1S/C11H15N3O3/c1-12-6-7-14(2)10(15)8-4-3-5-9(13-8)11(16)17/h3-5,12H,6-7H2,1-2H3,(H,16,17). The van der Waals surface area contributed by atoms with Crippen LogP contribution in [0.15, 0.2) is 18.2 Å². The van der Waals surface area contributed by atoms with Gasteiger partial charge in [0.25, 0.3) is 5.91 Å². The molecule has 0 aliphatic rings. The van der Waals surface area contributed by atoms with Crippen LogP contribution in [0.2, 0.25) is 0 Å². The molecule has 0 unspecified atom stereocenters. The monoisotopic (exact) mass is 237 g/mol. The third kappa shape index (κ3) is 3.53. The topological polar surface area (TPSA) is 82.5 Å². The summed E-state index contributed by atoms with van der Waals surface area (Å²) >= 11 is 0. The number of rotatable bonds is 5. The summed E-state index contributed by atoms with van der Waals surface area (Å²) in [6.45, 7) is 1.20. The minimum absolute atomic E-state index is 0.127. The van der Waals surface area contributed by atoms with Crippen LogP contribution in [0, 0.1) is 0 Å². The molecule has 0 aliphatic carbocycles. The van der Waals surface area contributed by atoms with Crippen molar-refractivity contribution in [2.24, 2.45) is 0 Å². The fraction of sp³-hybridized carbons (Fsp3) is 0.364.